The van der Waals surface area contributed by atoms with E-state index in [0.717, 1.165) is 18.4 Å². The first-order chi connectivity index (χ1) is 8.09. The highest BCUT2D eigenvalue weighted by Gasteiger charge is 2.40. The summed E-state index contributed by atoms with van der Waals surface area (Å²) in [6, 6.07) is 6.29. The standard InChI is InChI=1S/C15H23NO/c1-11-5-6-12(2)13(9-11)14(17)15(10-16)7-3-4-8-15/h5-6,9,14,17H,3-4,7-8,10,16H2,1-2H3. The number of aryl methyl sites for hydroxylation is 2. The Morgan fingerprint density at radius 1 is 1.29 bits per heavy atom. The van der Waals surface area contributed by atoms with Gasteiger partial charge in [0.2, 0.25) is 0 Å². The van der Waals surface area contributed by atoms with Crippen molar-refractivity contribution in [3.63, 3.8) is 0 Å². The van der Waals surface area contributed by atoms with Gasteiger partial charge in [0.05, 0.1) is 6.10 Å². The number of rotatable bonds is 3. The Bertz CT molecular complexity index is 394. The van der Waals surface area contributed by atoms with E-state index < -0.39 is 6.10 Å². The van der Waals surface area contributed by atoms with Crippen molar-refractivity contribution in [3.8, 4) is 0 Å². The Hall–Kier alpha value is -0.860. The van der Waals surface area contributed by atoms with Crippen molar-refractivity contribution in [1.82, 2.24) is 0 Å². The number of hydrogen-bond acceptors (Lipinski definition) is 2. The Balaban J connectivity index is 2.35. The van der Waals surface area contributed by atoms with E-state index in [9.17, 15) is 5.11 Å². The molecule has 1 saturated carbocycles. The second kappa shape index (κ2) is 4.79. The maximum Gasteiger partial charge on any atom is 0.0860 e. The van der Waals surface area contributed by atoms with Gasteiger partial charge in [-0.2, -0.15) is 0 Å². The fourth-order valence-corrected chi connectivity index (χ4v) is 3.05. The molecular weight excluding hydrogens is 210 g/mol. The summed E-state index contributed by atoms with van der Waals surface area (Å²) in [5, 5.41) is 10.7. The first-order valence-electron chi connectivity index (χ1n) is 6.54. The molecule has 0 saturated heterocycles. The summed E-state index contributed by atoms with van der Waals surface area (Å²) in [4.78, 5) is 0. The summed E-state index contributed by atoms with van der Waals surface area (Å²) in [6.07, 6.45) is 4.09. The van der Waals surface area contributed by atoms with E-state index in [1.807, 2.05) is 0 Å². The number of aliphatic hydroxyl groups is 1. The number of benzene rings is 1. The SMILES string of the molecule is Cc1ccc(C)c(C(O)C2(CN)CCCC2)c1. The van der Waals surface area contributed by atoms with Crippen molar-refractivity contribution < 1.29 is 5.11 Å². The lowest BCUT2D eigenvalue weighted by molar-refractivity contribution is 0.0328. The average Bonchev–Trinajstić information content (AvgIpc) is 2.81. The van der Waals surface area contributed by atoms with Gasteiger partial charge in [0.15, 0.2) is 0 Å². The molecule has 2 rings (SSSR count). The highest BCUT2D eigenvalue weighted by molar-refractivity contribution is 5.33. The van der Waals surface area contributed by atoms with Gasteiger partial charge in [-0.25, -0.2) is 0 Å². The summed E-state index contributed by atoms with van der Waals surface area (Å²) in [5.41, 5.74) is 9.29. The molecular formula is C15H23NO. The van der Waals surface area contributed by atoms with Gasteiger partial charge >= 0.3 is 0 Å². The van der Waals surface area contributed by atoms with Crippen molar-refractivity contribution in [2.75, 3.05) is 6.54 Å². The lowest BCUT2D eigenvalue weighted by Crippen LogP contribution is -2.34. The first-order valence-corrected chi connectivity index (χ1v) is 6.54. The van der Waals surface area contributed by atoms with Crippen LogP contribution in [-0.4, -0.2) is 11.7 Å². The fraction of sp³-hybridized carbons (Fsp3) is 0.600. The number of hydrogen-bond donors (Lipinski definition) is 2. The van der Waals surface area contributed by atoms with Crippen LogP contribution in [0.5, 0.6) is 0 Å². The van der Waals surface area contributed by atoms with Crippen molar-refractivity contribution in [2.24, 2.45) is 11.1 Å². The van der Waals surface area contributed by atoms with Crippen LogP contribution in [0.25, 0.3) is 0 Å². The molecule has 0 amide bonds. The Morgan fingerprint density at radius 2 is 1.94 bits per heavy atom. The molecule has 0 heterocycles. The summed E-state index contributed by atoms with van der Waals surface area (Å²) < 4.78 is 0. The predicted octanol–water partition coefficient (Wildman–Crippen LogP) is 2.86. The molecule has 1 aromatic rings. The van der Waals surface area contributed by atoms with E-state index in [-0.39, 0.29) is 5.41 Å². The molecule has 1 aliphatic rings. The molecule has 2 nitrogen and oxygen atoms in total. The third-order valence-corrected chi connectivity index (χ3v) is 4.32. The van der Waals surface area contributed by atoms with E-state index in [1.54, 1.807) is 0 Å². The van der Waals surface area contributed by atoms with Crippen LogP contribution in [0.15, 0.2) is 18.2 Å². The zero-order valence-electron chi connectivity index (χ0n) is 10.9. The summed E-state index contributed by atoms with van der Waals surface area (Å²) in [6.45, 7) is 4.72. The van der Waals surface area contributed by atoms with Crippen molar-refractivity contribution >= 4 is 0 Å². The molecule has 1 aliphatic carbocycles. The molecule has 0 spiro atoms. The average molecular weight is 233 g/mol. The quantitative estimate of drug-likeness (QED) is 0.843. The normalized spacial score (nSPS) is 20.5. The van der Waals surface area contributed by atoms with Crippen LogP contribution in [0.3, 0.4) is 0 Å². The number of nitrogens with two attached hydrogens (primary N) is 1. The highest BCUT2D eigenvalue weighted by Crippen LogP contribution is 2.47. The van der Waals surface area contributed by atoms with Gasteiger partial charge in [-0.1, -0.05) is 36.6 Å². The van der Waals surface area contributed by atoms with Gasteiger partial charge < -0.3 is 10.8 Å². The fourth-order valence-electron chi connectivity index (χ4n) is 3.05. The molecule has 17 heavy (non-hydrogen) atoms. The van der Waals surface area contributed by atoms with Gasteiger partial charge in [0.25, 0.3) is 0 Å². The van der Waals surface area contributed by atoms with Crippen molar-refractivity contribution in [1.29, 1.82) is 0 Å². The van der Waals surface area contributed by atoms with Crippen LogP contribution in [-0.2, 0) is 0 Å². The third-order valence-electron chi connectivity index (χ3n) is 4.32. The molecule has 0 aromatic heterocycles. The minimum absolute atomic E-state index is 0.0848. The van der Waals surface area contributed by atoms with E-state index in [1.165, 1.54) is 24.0 Å². The molecule has 2 heteroatoms. The monoisotopic (exact) mass is 233 g/mol. The molecule has 3 N–H and O–H groups in total. The zero-order chi connectivity index (χ0) is 12.5. The van der Waals surface area contributed by atoms with E-state index in [0.29, 0.717) is 6.54 Å². The van der Waals surface area contributed by atoms with Crippen LogP contribution in [0, 0.1) is 19.3 Å². The molecule has 1 unspecified atom stereocenters. The number of aliphatic hydroxyl groups excluding tert-OH is 1. The van der Waals surface area contributed by atoms with E-state index in [2.05, 4.69) is 32.0 Å². The Kier molecular flexibility index (Phi) is 3.55. The maximum atomic E-state index is 10.7. The minimum Gasteiger partial charge on any atom is -0.388 e. The van der Waals surface area contributed by atoms with Crippen LogP contribution in [0.1, 0.15) is 48.5 Å². The van der Waals surface area contributed by atoms with Crippen LogP contribution in [0.4, 0.5) is 0 Å². The van der Waals surface area contributed by atoms with Gasteiger partial charge in [-0.15, -0.1) is 0 Å². The largest absolute Gasteiger partial charge is 0.388 e. The smallest absolute Gasteiger partial charge is 0.0860 e. The van der Waals surface area contributed by atoms with E-state index in [4.69, 9.17) is 5.73 Å². The van der Waals surface area contributed by atoms with Gasteiger partial charge in [-0.3, -0.25) is 0 Å². The lowest BCUT2D eigenvalue weighted by atomic mass is 9.76. The van der Waals surface area contributed by atoms with Crippen LogP contribution < -0.4 is 5.73 Å². The van der Waals surface area contributed by atoms with Crippen molar-refractivity contribution in [3.05, 3.63) is 34.9 Å². The highest BCUT2D eigenvalue weighted by atomic mass is 16.3. The molecule has 0 aliphatic heterocycles. The third kappa shape index (κ3) is 2.24. The van der Waals surface area contributed by atoms with Gasteiger partial charge in [0, 0.05) is 12.0 Å². The molecule has 0 bridgehead atoms. The maximum absolute atomic E-state index is 10.7. The second-order valence-corrected chi connectivity index (χ2v) is 5.54. The van der Waals surface area contributed by atoms with Gasteiger partial charge in [0.1, 0.15) is 0 Å². The first kappa shape index (κ1) is 12.6. The van der Waals surface area contributed by atoms with Crippen molar-refractivity contribution in [2.45, 2.75) is 45.6 Å². The zero-order valence-corrected chi connectivity index (χ0v) is 10.9. The Morgan fingerprint density at radius 3 is 2.53 bits per heavy atom. The minimum atomic E-state index is -0.408. The second-order valence-electron chi connectivity index (χ2n) is 5.54. The summed E-state index contributed by atoms with van der Waals surface area (Å²) in [7, 11) is 0. The summed E-state index contributed by atoms with van der Waals surface area (Å²) >= 11 is 0. The topological polar surface area (TPSA) is 46.2 Å². The molecule has 94 valence electrons. The Labute approximate surface area is 104 Å². The molecule has 0 radical (unpaired) electrons. The lowest BCUT2D eigenvalue weighted by Gasteiger charge is -2.34. The molecule has 1 fully saturated rings. The van der Waals surface area contributed by atoms with Crippen LogP contribution in [0.2, 0.25) is 0 Å². The summed E-state index contributed by atoms with van der Waals surface area (Å²) in [5.74, 6) is 0. The van der Waals surface area contributed by atoms with E-state index >= 15 is 0 Å². The molecule has 1 atom stereocenters. The van der Waals surface area contributed by atoms with Gasteiger partial charge in [-0.05, 0) is 37.8 Å². The predicted molar refractivity (Wildman–Crippen MR) is 70.8 cm³/mol. The van der Waals surface area contributed by atoms with Crippen LogP contribution >= 0.6 is 0 Å². The molecule has 1 aromatic carbocycles.